The van der Waals surface area contributed by atoms with Crippen molar-refractivity contribution in [2.24, 2.45) is 0 Å². The Kier molecular flexibility index (Phi) is 6.16. The van der Waals surface area contributed by atoms with Gasteiger partial charge >= 0.3 is 0 Å². The third kappa shape index (κ3) is 6.06. The van der Waals surface area contributed by atoms with E-state index in [1.165, 1.54) is 0 Å². The van der Waals surface area contributed by atoms with Crippen LogP contribution in [0.5, 0.6) is 0 Å². The van der Waals surface area contributed by atoms with Crippen LogP contribution in [0.15, 0.2) is 12.2 Å². The van der Waals surface area contributed by atoms with Crippen molar-refractivity contribution in [3.8, 4) is 0 Å². The van der Waals surface area contributed by atoms with Gasteiger partial charge in [0.05, 0.1) is 6.10 Å². The van der Waals surface area contributed by atoms with E-state index in [0.717, 1.165) is 0 Å². The fourth-order valence-corrected chi connectivity index (χ4v) is 1.17. The first-order chi connectivity index (χ1) is 5.20. The lowest BCUT2D eigenvalue weighted by Gasteiger charge is -2.07. The Labute approximate surface area is 69.2 Å². The summed E-state index contributed by atoms with van der Waals surface area (Å²) in [5, 5.41) is 0. The van der Waals surface area contributed by atoms with E-state index in [-0.39, 0.29) is 6.10 Å². The Hall–Kier alpha value is -0.350. The molecule has 1 unspecified atom stereocenters. The molecule has 0 spiro atoms. The molecule has 0 aliphatic carbocycles. The van der Waals surface area contributed by atoms with Gasteiger partial charge in [-0.3, -0.25) is 4.18 Å². The van der Waals surface area contributed by atoms with Crippen molar-refractivity contribution >= 4 is 11.0 Å². The van der Waals surface area contributed by atoms with Gasteiger partial charge < -0.3 is 0 Å². The van der Waals surface area contributed by atoms with E-state index in [1.807, 2.05) is 26.0 Å². The average Bonchev–Trinajstić information content (AvgIpc) is 1.97. The molecule has 0 aromatic heterocycles. The summed E-state index contributed by atoms with van der Waals surface area (Å²) in [6, 6.07) is 0. The largest absolute Gasteiger partial charge is 0.269 e. The molecule has 0 N–H and O–H groups in total. The number of allylic oxidation sites excluding steroid dienone is 1. The van der Waals surface area contributed by atoms with Crippen LogP contribution in [0.1, 0.15) is 26.7 Å². The van der Waals surface area contributed by atoms with Crippen LogP contribution in [0, 0.1) is 0 Å². The van der Waals surface area contributed by atoms with Gasteiger partial charge in [-0.15, -0.1) is 0 Å². The molecule has 0 fully saturated rings. The van der Waals surface area contributed by atoms with Crippen LogP contribution in [0.25, 0.3) is 0 Å². The number of rotatable bonds is 5. The minimum Gasteiger partial charge on any atom is -0.269 e. The van der Waals surface area contributed by atoms with Crippen LogP contribution in [0.2, 0.25) is 0 Å². The lowest BCUT2D eigenvalue weighted by Crippen LogP contribution is -2.08. The molecule has 4 heteroatoms. The second-order valence-electron chi connectivity index (χ2n) is 2.16. The maximum atomic E-state index is 10.1. The zero-order valence-corrected chi connectivity index (χ0v) is 7.71. The smallest absolute Gasteiger partial charge is 0.257 e. The lowest BCUT2D eigenvalue weighted by atomic mass is 10.2. The van der Waals surface area contributed by atoms with Crippen LogP contribution in [0.4, 0.5) is 0 Å². The van der Waals surface area contributed by atoms with E-state index in [0.29, 0.717) is 12.8 Å². The fourth-order valence-electron chi connectivity index (χ4n) is 0.694. The summed E-state index contributed by atoms with van der Waals surface area (Å²) in [5.74, 6) is 0. The van der Waals surface area contributed by atoms with Gasteiger partial charge in [0.2, 0.25) is 0 Å². The molecule has 0 rings (SSSR count). The van der Waals surface area contributed by atoms with Gasteiger partial charge in [-0.05, 0) is 19.8 Å². The molecule has 0 saturated carbocycles. The van der Waals surface area contributed by atoms with Gasteiger partial charge in [-0.1, -0.05) is 19.1 Å². The SMILES string of the molecule is CC=CCC(CC)O[SH](=O)=O. The molecule has 0 aromatic carbocycles. The Morgan fingerprint density at radius 3 is 2.55 bits per heavy atom. The highest BCUT2D eigenvalue weighted by Gasteiger charge is 2.04. The van der Waals surface area contributed by atoms with Crippen molar-refractivity contribution in [2.75, 3.05) is 0 Å². The van der Waals surface area contributed by atoms with Gasteiger partial charge in [0.1, 0.15) is 0 Å². The Bertz CT molecular complexity index is 176. The molecule has 0 bridgehead atoms. The minimum atomic E-state index is -2.70. The van der Waals surface area contributed by atoms with Gasteiger partial charge in [0, 0.05) is 0 Å². The van der Waals surface area contributed by atoms with Crippen molar-refractivity contribution in [2.45, 2.75) is 32.8 Å². The summed E-state index contributed by atoms with van der Waals surface area (Å²) >= 11 is 0. The first-order valence-corrected chi connectivity index (χ1v) is 4.72. The van der Waals surface area contributed by atoms with Gasteiger partial charge in [-0.25, -0.2) is 8.42 Å². The minimum absolute atomic E-state index is 0.188. The highest BCUT2D eigenvalue weighted by Crippen LogP contribution is 2.03. The molecule has 1 atom stereocenters. The third-order valence-corrected chi connectivity index (χ3v) is 1.80. The van der Waals surface area contributed by atoms with Crippen molar-refractivity contribution in [3.05, 3.63) is 12.2 Å². The first kappa shape index (κ1) is 10.7. The monoisotopic (exact) mass is 178 g/mol. The van der Waals surface area contributed by atoms with Crippen LogP contribution in [0.3, 0.4) is 0 Å². The average molecular weight is 178 g/mol. The van der Waals surface area contributed by atoms with E-state index >= 15 is 0 Å². The Morgan fingerprint density at radius 2 is 2.18 bits per heavy atom. The summed E-state index contributed by atoms with van der Waals surface area (Å²) in [4.78, 5) is 0. The highest BCUT2D eigenvalue weighted by atomic mass is 32.2. The van der Waals surface area contributed by atoms with E-state index in [9.17, 15) is 8.42 Å². The number of hydrogen-bond donors (Lipinski definition) is 1. The Morgan fingerprint density at radius 1 is 1.55 bits per heavy atom. The van der Waals surface area contributed by atoms with E-state index in [4.69, 9.17) is 0 Å². The summed E-state index contributed by atoms with van der Waals surface area (Å²) in [6.45, 7) is 3.79. The quantitative estimate of drug-likeness (QED) is 0.509. The summed E-state index contributed by atoms with van der Waals surface area (Å²) in [5.41, 5.74) is 0. The molecule has 3 nitrogen and oxygen atoms in total. The molecular weight excluding hydrogens is 164 g/mol. The van der Waals surface area contributed by atoms with Gasteiger partial charge in [-0.2, -0.15) is 0 Å². The molecule has 0 saturated heterocycles. The molecular formula is C7H14O3S. The molecule has 66 valence electrons. The molecule has 0 amide bonds. The Balaban J connectivity index is 3.75. The van der Waals surface area contributed by atoms with Crippen molar-refractivity contribution < 1.29 is 12.6 Å². The topological polar surface area (TPSA) is 43.4 Å². The van der Waals surface area contributed by atoms with E-state index in [2.05, 4.69) is 4.18 Å². The maximum absolute atomic E-state index is 10.1. The molecule has 0 heterocycles. The maximum Gasteiger partial charge on any atom is 0.257 e. The predicted octanol–water partition coefficient (Wildman–Crippen LogP) is 1.27. The summed E-state index contributed by atoms with van der Waals surface area (Å²) in [7, 11) is -2.70. The van der Waals surface area contributed by atoms with Gasteiger partial charge in [0.15, 0.2) is 0 Å². The van der Waals surface area contributed by atoms with Crippen LogP contribution in [-0.2, 0) is 15.2 Å². The van der Waals surface area contributed by atoms with Crippen molar-refractivity contribution in [3.63, 3.8) is 0 Å². The fraction of sp³-hybridized carbons (Fsp3) is 0.714. The second-order valence-corrected chi connectivity index (χ2v) is 2.82. The molecule has 11 heavy (non-hydrogen) atoms. The van der Waals surface area contributed by atoms with E-state index < -0.39 is 11.0 Å². The van der Waals surface area contributed by atoms with Crippen molar-refractivity contribution in [1.82, 2.24) is 0 Å². The zero-order chi connectivity index (χ0) is 8.69. The van der Waals surface area contributed by atoms with E-state index in [1.54, 1.807) is 0 Å². The molecule has 0 aromatic rings. The molecule has 0 aliphatic rings. The lowest BCUT2D eigenvalue weighted by molar-refractivity contribution is 0.217. The van der Waals surface area contributed by atoms with Crippen LogP contribution < -0.4 is 0 Å². The standard InChI is InChI=1S/C7H14O3S/c1-3-5-6-7(4-2)10-11(8)9/h3,5,7,11H,4,6H2,1-2H3. The second kappa shape index (κ2) is 6.37. The van der Waals surface area contributed by atoms with Crippen LogP contribution >= 0.6 is 0 Å². The summed E-state index contributed by atoms with van der Waals surface area (Å²) < 4.78 is 24.8. The normalized spacial score (nSPS) is 14.5. The van der Waals surface area contributed by atoms with Gasteiger partial charge in [0.25, 0.3) is 11.0 Å². The number of thiol groups is 1. The third-order valence-electron chi connectivity index (χ3n) is 1.33. The molecule has 0 aliphatic heterocycles. The first-order valence-electron chi connectivity index (χ1n) is 3.63. The molecule has 0 radical (unpaired) electrons. The van der Waals surface area contributed by atoms with Crippen molar-refractivity contribution in [1.29, 1.82) is 0 Å². The number of hydrogen-bond acceptors (Lipinski definition) is 3. The zero-order valence-electron chi connectivity index (χ0n) is 6.82. The van der Waals surface area contributed by atoms with Crippen LogP contribution in [-0.4, -0.2) is 14.5 Å². The predicted molar refractivity (Wildman–Crippen MR) is 44.9 cm³/mol. The summed E-state index contributed by atoms with van der Waals surface area (Å²) in [6.07, 6.45) is 4.97. The highest BCUT2D eigenvalue weighted by molar-refractivity contribution is 7.67.